The Balaban J connectivity index is 1.77. The highest BCUT2D eigenvalue weighted by molar-refractivity contribution is 7.89. The van der Waals surface area contributed by atoms with E-state index in [4.69, 9.17) is 14.2 Å². The molecule has 1 heterocycles. The summed E-state index contributed by atoms with van der Waals surface area (Å²) in [5.74, 6) is 1.49. The van der Waals surface area contributed by atoms with Gasteiger partial charge in [0.25, 0.3) is 11.2 Å². The third kappa shape index (κ3) is 5.45. The quantitative estimate of drug-likeness (QED) is 0.237. The smallest absolute Gasteiger partial charge is 0.269 e. The van der Waals surface area contributed by atoms with E-state index in [0.717, 1.165) is 16.4 Å². The molecule has 0 aliphatic carbocycles. The minimum atomic E-state index is -4.17. The molecule has 0 radical (unpaired) electrons. The first-order valence-electron chi connectivity index (χ1n) is 11.3. The van der Waals surface area contributed by atoms with E-state index in [2.05, 4.69) is 4.98 Å². The second-order valence-corrected chi connectivity index (χ2v) is 10.2. The molecule has 12 heteroatoms. The highest BCUT2D eigenvalue weighted by Gasteiger charge is 2.27. The van der Waals surface area contributed by atoms with Crippen LogP contribution in [0.4, 0.5) is 5.69 Å². The molecular weight excluding hydrogens is 514 g/mol. The van der Waals surface area contributed by atoms with E-state index in [1.807, 2.05) is 0 Å². The summed E-state index contributed by atoms with van der Waals surface area (Å²) in [7, 11) is 0.330. The number of H-pyrrole nitrogens is 1. The van der Waals surface area contributed by atoms with E-state index in [9.17, 15) is 23.3 Å². The number of non-ortho nitro benzene ring substituents is 1. The fourth-order valence-electron chi connectivity index (χ4n) is 3.94. The van der Waals surface area contributed by atoms with Gasteiger partial charge in [-0.3, -0.25) is 14.9 Å². The van der Waals surface area contributed by atoms with Crippen molar-refractivity contribution in [3.05, 3.63) is 98.3 Å². The molecule has 4 aromatic rings. The maximum atomic E-state index is 13.7. The van der Waals surface area contributed by atoms with E-state index in [1.54, 1.807) is 42.5 Å². The summed E-state index contributed by atoms with van der Waals surface area (Å²) in [6, 6.07) is 16.4. The van der Waals surface area contributed by atoms with Gasteiger partial charge in [-0.15, -0.1) is 0 Å². The number of aromatic nitrogens is 1. The normalized spacial score (nSPS) is 11.5. The Kier molecular flexibility index (Phi) is 7.65. The molecule has 3 aromatic carbocycles. The van der Waals surface area contributed by atoms with Crippen LogP contribution in [-0.4, -0.2) is 44.0 Å². The maximum Gasteiger partial charge on any atom is 0.269 e. The van der Waals surface area contributed by atoms with Crippen molar-refractivity contribution in [3.8, 4) is 17.2 Å². The van der Waals surface area contributed by atoms with Crippen LogP contribution in [0.15, 0.2) is 76.4 Å². The molecule has 11 nitrogen and oxygen atoms in total. The van der Waals surface area contributed by atoms with E-state index >= 15 is 0 Å². The van der Waals surface area contributed by atoms with Crippen molar-refractivity contribution in [2.45, 2.75) is 18.0 Å². The standard InChI is InChI=1S/C26H25N3O8S/c1-35-21-8-4-17(5-9-21)15-28(38(33,34)22-10-6-20(7-11-22)29(31)32)16-19-12-18-13-24(36-2)25(37-3)14-23(18)27-26(19)30/h4-14H,15-16H2,1-3H3,(H,27,30). The van der Waals surface area contributed by atoms with Gasteiger partial charge < -0.3 is 19.2 Å². The number of sulfonamides is 1. The molecule has 0 saturated carbocycles. The molecule has 0 aliphatic heterocycles. The number of benzene rings is 3. The Hall–Kier alpha value is -4.42. The van der Waals surface area contributed by atoms with Crippen molar-refractivity contribution in [1.29, 1.82) is 0 Å². The first-order valence-corrected chi connectivity index (χ1v) is 12.8. The highest BCUT2D eigenvalue weighted by Crippen LogP contribution is 2.31. The number of rotatable bonds is 10. The third-order valence-electron chi connectivity index (χ3n) is 5.98. The van der Waals surface area contributed by atoms with Crippen molar-refractivity contribution in [2.75, 3.05) is 21.3 Å². The Bertz CT molecular complexity index is 1630. The average Bonchev–Trinajstić information content (AvgIpc) is 2.92. The van der Waals surface area contributed by atoms with Gasteiger partial charge in [-0.1, -0.05) is 12.1 Å². The summed E-state index contributed by atoms with van der Waals surface area (Å²) in [5, 5.41) is 11.7. The van der Waals surface area contributed by atoms with E-state index in [0.29, 0.717) is 33.7 Å². The third-order valence-corrected chi connectivity index (χ3v) is 7.78. The number of pyridine rings is 1. The first kappa shape index (κ1) is 26.6. The number of hydrogen-bond donors (Lipinski definition) is 1. The molecule has 1 N–H and O–H groups in total. The van der Waals surface area contributed by atoms with Crippen LogP contribution in [0.1, 0.15) is 11.1 Å². The van der Waals surface area contributed by atoms with Crippen molar-refractivity contribution < 1.29 is 27.6 Å². The number of methoxy groups -OCH3 is 3. The number of aromatic amines is 1. The van der Waals surface area contributed by atoms with Gasteiger partial charge in [0.05, 0.1) is 36.7 Å². The summed E-state index contributed by atoms with van der Waals surface area (Å²) < 4.78 is 44.3. The van der Waals surface area contributed by atoms with Gasteiger partial charge in [0, 0.05) is 42.2 Å². The van der Waals surface area contributed by atoms with Gasteiger partial charge in [-0.05, 0) is 42.0 Å². The van der Waals surface area contributed by atoms with Gasteiger partial charge in [-0.25, -0.2) is 8.42 Å². The fourth-order valence-corrected chi connectivity index (χ4v) is 5.34. The zero-order valence-electron chi connectivity index (χ0n) is 20.8. The Labute approximate surface area is 218 Å². The van der Waals surface area contributed by atoms with Crippen molar-refractivity contribution in [1.82, 2.24) is 9.29 Å². The molecule has 0 amide bonds. The molecule has 0 bridgehead atoms. The van der Waals surface area contributed by atoms with Crippen molar-refractivity contribution >= 4 is 26.6 Å². The number of ether oxygens (including phenoxy) is 3. The van der Waals surface area contributed by atoms with Crippen LogP contribution in [0.3, 0.4) is 0 Å². The molecule has 4 rings (SSSR count). The highest BCUT2D eigenvalue weighted by atomic mass is 32.2. The molecule has 38 heavy (non-hydrogen) atoms. The van der Waals surface area contributed by atoms with Gasteiger partial charge in [0.2, 0.25) is 10.0 Å². The van der Waals surface area contributed by atoms with E-state index in [-0.39, 0.29) is 29.2 Å². The summed E-state index contributed by atoms with van der Waals surface area (Å²) in [6.45, 7) is -0.322. The lowest BCUT2D eigenvalue weighted by atomic mass is 10.1. The average molecular weight is 540 g/mol. The predicted molar refractivity (Wildman–Crippen MR) is 140 cm³/mol. The number of nitrogens with one attached hydrogen (secondary N) is 1. The number of hydrogen-bond acceptors (Lipinski definition) is 8. The molecule has 0 saturated heterocycles. The lowest BCUT2D eigenvalue weighted by Gasteiger charge is -2.22. The number of nitro benzene ring substituents is 1. The summed E-state index contributed by atoms with van der Waals surface area (Å²) in [6.07, 6.45) is 0. The largest absolute Gasteiger partial charge is 0.497 e. The molecular formula is C26H25N3O8S. The predicted octanol–water partition coefficient (Wildman–Crippen LogP) is 3.85. The number of nitrogens with zero attached hydrogens (tertiary/aromatic N) is 2. The topological polar surface area (TPSA) is 141 Å². The van der Waals surface area contributed by atoms with Gasteiger partial charge in [0.1, 0.15) is 5.75 Å². The molecule has 1 aromatic heterocycles. The summed E-state index contributed by atoms with van der Waals surface area (Å²) >= 11 is 0. The van der Waals surface area contributed by atoms with Crippen LogP contribution in [0.25, 0.3) is 10.9 Å². The molecule has 0 fully saturated rings. The zero-order valence-corrected chi connectivity index (χ0v) is 21.7. The minimum absolute atomic E-state index is 0.0628. The van der Waals surface area contributed by atoms with Crippen molar-refractivity contribution in [2.24, 2.45) is 0 Å². The molecule has 198 valence electrons. The van der Waals surface area contributed by atoms with Crippen LogP contribution in [0.5, 0.6) is 17.2 Å². The lowest BCUT2D eigenvalue weighted by molar-refractivity contribution is -0.384. The number of fused-ring (bicyclic) bond motifs is 1. The molecule has 0 atom stereocenters. The van der Waals surface area contributed by atoms with E-state index < -0.39 is 20.5 Å². The second-order valence-electron chi connectivity index (χ2n) is 8.29. The van der Waals surface area contributed by atoms with Crippen LogP contribution >= 0.6 is 0 Å². The first-order chi connectivity index (χ1) is 18.2. The lowest BCUT2D eigenvalue weighted by Crippen LogP contribution is -2.32. The molecule has 0 unspecified atom stereocenters. The summed E-state index contributed by atoms with van der Waals surface area (Å²) in [4.78, 5) is 26.1. The van der Waals surface area contributed by atoms with Crippen LogP contribution in [0, 0.1) is 10.1 Å². The van der Waals surface area contributed by atoms with Gasteiger partial charge in [-0.2, -0.15) is 4.31 Å². The monoisotopic (exact) mass is 539 g/mol. The zero-order chi connectivity index (χ0) is 27.4. The molecule has 0 spiro atoms. The SMILES string of the molecule is COc1ccc(CN(Cc2cc3cc(OC)c(OC)cc3[nH]c2=O)S(=O)(=O)c2ccc([N+](=O)[O-])cc2)cc1. The van der Waals surface area contributed by atoms with E-state index in [1.165, 1.54) is 33.5 Å². The van der Waals surface area contributed by atoms with Crippen LogP contribution in [-0.2, 0) is 23.1 Å². The van der Waals surface area contributed by atoms with Gasteiger partial charge >= 0.3 is 0 Å². The Morgan fingerprint density at radius 1 is 0.868 bits per heavy atom. The summed E-state index contributed by atoms with van der Waals surface area (Å²) in [5.41, 5.74) is 0.643. The number of nitro groups is 1. The Morgan fingerprint density at radius 2 is 1.50 bits per heavy atom. The van der Waals surface area contributed by atoms with Crippen LogP contribution < -0.4 is 19.8 Å². The second kappa shape index (κ2) is 10.9. The fraction of sp³-hybridized carbons (Fsp3) is 0.192. The van der Waals surface area contributed by atoms with Crippen molar-refractivity contribution in [3.63, 3.8) is 0 Å². The van der Waals surface area contributed by atoms with Gasteiger partial charge in [0.15, 0.2) is 11.5 Å². The minimum Gasteiger partial charge on any atom is -0.497 e. The maximum absolute atomic E-state index is 13.7. The molecule has 0 aliphatic rings. The van der Waals surface area contributed by atoms with Crippen LogP contribution in [0.2, 0.25) is 0 Å². The Morgan fingerprint density at radius 3 is 2.08 bits per heavy atom.